The molecule has 0 radical (unpaired) electrons. The molecule has 1 atom stereocenters. The summed E-state index contributed by atoms with van der Waals surface area (Å²) in [6, 6.07) is 22.4. The molecule has 0 spiro atoms. The average molecular weight is 505 g/mol. The van der Waals surface area contributed by atoms with E-state index in [1.54, 1.807) is 66.7 Å². The van der Waals surface area contributed by atoms with E-state index in [4.69, 9.17) is 39.5 Å². The molecule has 6 nitrogen and oxygen atoms in total. The molecule has 33 heavy (non-hydrogen) atoms. The summed E-state index contributed by atoms with van der Waals surface area (Å²) in [5.41, 5.74) is 5.00. The third-order valence-corrected chi connectivity index (χ3v) is 4.98. The number of hydrogen-bond acceptors (Lipinski definition) is 4. The number of nitrogens with one attached hydrogen (secondary N) is 2. The second-order valence-electron chi connectivity index (χ2n) is 7.02. The fourth-order valence-corrected chi connectivity index (χ4v) is 3.05. The number of carbonyl (C=O) groups excluding carboxylic acids is 2. The number of amides is 2. The average Bonchev–Trinajstić information content (AvgIpc) is 2.79. The van der Waals surface area contributed by atoms with E-state index in [-0.39, 0.29) is 5.91 Å². The normalized spacial score (nSPS) is 12.2. The van der Waals surface area contributed by atoms with E-state index < -0.39 is 15.9 Å². The maximum atomic E-state index is 12.6. The van der Waals surface area contributed by atoms with Crippen LogP contribution in [0.2, 0.25) is 0 Å². The number of hydrogen-bond donors (Lipinski definition) is 2. The van der Waals surface area contributed by atoms with Crippen LogP contribution in [-0.4, -0.2) is 28.0 Å². The summed E-state index contributed by atoms with van der Waals surface area (Å²) in [6.45, 7) is 1.87. The van der Waals surface area contributed by atoms with Gasteiger partial charge in [0.25, 0.3) is 11.8 Å². The topological polar surface area (TPSA) is 79.8 Å². The van der Waals surface area contributed by atoms with Crippen molar-refractivity contribution in [3.8, 4) is 5.75 Å². The van der Waals surface area contributed by atoms with Gasteiger partial charge in [0, 0.05) is 11.1 Å². The molecule has 0 fully saturated rings. The highest BCUT2D eigenvalue weighted by molar-refractivity contribution is 6.68. The standard InChI is InChI=1S/C24H20Cl3N3O3/c1-16-6-5-9-19(14-16)21(31)29-23(24(25,26)27)33-20-12-10-17(11-13-20)15-28-30-22(32)18-7-3-2-4-8-18/h2-15,23H,1H3,(H,29,31)(H,30,32)/b28-15-/t23-/m1/s1. The van der Waals surface area contributed by atoms with E-state index in [1.165, 1.54) is 6.21 Å². The zero-order chi connectivity index (χ0) is 23.8. The number of alkyl halides is 3. The first-order valence-corrected chi connectivity index (χ1v) is 11.0. The molecule has 2 amide bonds. The highest BCUT2D eigenvalue weighted by Crippen LogP contribution is 2.32. The molecule has 0 aliphatic heterocycles. The molecule has 9 heteroatoms. The molecular weight excluding hydrogens is 485 g/mol. The lowest BCUT2D eigenvalue weighted by Crippen LogP contribution is -2.47. The molecule has 0 heterocycles. The quantitative estimate of drug-likeness (QED) is 0.199. The van der Waals surface area contributed by atoms with Crippen LogP contribution in [0.3, 0.4) is 0 Å². The van der Waals surface area contributed by atoms with Gasteiger partial charge in [-0.3, -0.25) is 9.59 Å². The molecule has 2 N–H and O–H groups in total. The first-order valence-electron chi connectivity index (χ1n) is 9.82. The maximum absolute atomic E-state index is 12.6. The second-order valence-corrected chi connectivity index (χ2v) is 9.39. The molecule has 0 aliphatic rings. The van der Waals surface area contributed by atoms with E-state index in [0.717, 1.165) is 5.56 Å². The predicted molar refractivity (Wildman–Crippen MR) is 131 cm³/mol. The van der Waals surface area contributed by atoms with Crippen LogP contribution in [0.15, 0.2) is 84.0 Å². The number of aryl methyl sites for hydroxylation is 1. The summed E-state index contributed by atoms with van der Waals surface area (Å²) in [6.07, 6.45) is 0.247. The monoisotopic (exact) mass is 503 g/mol. The fraction of sp³-hybridized carbons (Fsp3) is 0.125. The molecule has 0 aliphatic carbocycles. The Morgan fingerprint density at radius 3 is 2.21 bits per heavy atom. The Hall–Kier alpha value is -3.06. The van der Waals surface area contributed by atoms with Crippen molar-refractivity contribution in [3.05, 3.63) is 101 Å². The summed E-state index contributed by atoms with van der Waals surface area (Å²) in [7, 11) is 0. The van der Waals surface area contributed by atoms with Crippen molar-refractivity contribution in [2.24, 2.45) is 5.10 Å². The van der Waals surface area contributed by atoms with Gasteiger partial charge in [0.1, 0.15) is 5.75 Å². The molecule has 3 aromatic carbocycles. The van der Waals surface area contributed by atoms with Gasteiger partial charge >= 0.3 is 0 Å². The van der Waals surface area contributed by atoms with E-state index >= 15 is 0 Å². The summed E-state index contributed by atoms with van der Waals surface area (Å²) in [4.78, 5) is 24.6. The van der Waals surface area contributed by atoms with Gasteiger partial charge in [0.2, 0.25) is 10.0 Å². The minimum atomic E-state index is -1.92. The third kappa shape index (κ3) is 7.49. The number of benzene rings is 3. The van der Waals surface area contributed by atoms with E-state index in [2.05, 4.69) is 15.8 Å². The Morgan fingerprint density at radius 1 is 0.909 bits per heavy atom. The van der Waals surface area contributed by atoms with Crippen molar-refractivity contribution in [2.45, 2.75) is 16.9 Å². The van der Waals surface area contributed by atoms with Gasteiger partial charge in [-0.1, -0.05) is 70.7 Å². The van der Waals surface area contributed by atoms with Crippen LogP contribution in [0, 0.1) is 6.92 Å². The molecular formula is C24H20Cl3N3O3. The largest absolute Gasteiger partial charge is 0.466 e. The number of nitrogens with zero attached hydrogens (tertiary/aromatic N) is 1. The summed E-state index contributed by atoms with van der Waals surface area (Å²) < 4.78 is 3.80. The summed E-state index contributed by atoms with van der Waals surface area (Å²) in [5, 5.41) is 6.54. The van der Waals surface area contributed by atoms with Crippen LogP contribution < -0.4 is 15.5 Å². The molecule has 3 aromatic rings. The number of hydrazone groups is 1. The lowest BCUT2D eigenvalue weighted by molar-refractivity contribution is 0.0832. The van der Waals surface area contributed by atoms with Crippen LogP contribution >= 0.6 is 34.8 Å². The van der Waals surface area contributed by atoms with Gasteiger partial charge < -0.3 is 10.1 Å². The smallest absolute Gasteiger partial charge is 0.271 e. The van der Waals surface area contributed by atoms with Crippen molar-refractivity contribution < 1.29 is 14.3 Å². The van der Waals surface area contributed by atoms with Gasteiger partial charge in [-0.05, 0) is 61.0 Å². The molecule has 3 rings (SSSR count). The van der Waals surface area contributed by atoms with Gasteiger partial charge in [-0.15, -0.1) is 0 Å². The van der Waals surface area contributed by atoms with Crippen LogP contribution in [0.5, 0.6) is 5.75 Å². The van der Waals surface area contributed by atoms with Crippen LogP contribution in [-0.2, 0) is 0 Å². The molecule has 0 aromatic heterocycles. The first kappa shape index (κ1) is 24.6. The van der Waals surface area contributed by atoms with E-state index in [1.807, 2.05) is 19.1 Å². The first-order chi connectivity index (χ1) is 15.7. The highest BCUT2D eigenvalue weighted by Gasteiger charge is 2.36. The van der Waals surface area contributed by atoms with Crippen molar-refractivity contribution >= 4 is 52.8 Å². The molecule has 0 unspecified atom stereocenters. The highest BCUT2D eigenvalue weighted by atomic mass is 35.6. The van der Waals surface area contributed by atoms with Gasteiger partial charge in [-0.25, -0.2) is 5.43 Å². The summed E-state index contributed by atoms with van der Waals surface area (Å²) >= 11 is 18.1. The molecule has 170 valence electrons. The third-order valence-electron chi connectivity index (χ3n) is 4.39. The Bertz CT molecular complexity index is 1130. The van der Waals surface area contributed by atoms with Gasteiger partial charge in [0.05, 0.1) is 6.21 Å². The number of halogens is 3. The number of ether oxygens (including phenoxy) is 1. The van der Waals surface area contributed by atoms with Crippen molar-refractivity contribution in [1.82, 2.24) is 10.7 Å². The maximum Gasteiger partial charge on any atom is 0.271 e. The predicted octanol–water partition coefficient (Wildman–Crippen LogP) is 5.26. The van der Waals surface area contributed by atoms with E-state index in [0.29, 0.717) is 22.4 Å². The lowest BCUT2D eigenvalue weighted by Gasteiger charge is -2.26. The van der Waals surface area contributed by atoms with Crippen LogP contribution in [0.25, 0.3) is 0 Å². The van der Waals surface area contributed by atoms with Crippen LogP contribution in [0.4, 0.5) is 0 Å². The minimum absolute atomic E-state index is 0.318. The molecule has 0 saturated heterocycles. The van der Waals surface area contributed by atoms with Crippen LogP contribution in [0.1, 0.15) is 31.8 Å². The Balaban J connectivity index is 1.62. The summed E-state index contributed by atoms with van der Waals surface area (Å²) in [5.74, 6) is -0.393. The number of carbonyl (C=O) groups is 2. The zero-order valence-corrected chi connectivity index (χ0v) is 19.7. The fourth-order valence-electron chi connectivity index (χ4n) is 2.75. The van der Waals surface area contributed by atoms with Gasteiger partial charge in [-0.2, -0.15) is 5.10 Å². The minimum Gasteiger partial charge on any atom is -0.466 e. The Morgan fingerprint density at radius 2 is 1.58 bits per heavy atom. The zero-order valence-electron chi connectivity index (χ0n) is 17.5. The van der Waals surface area contributed by atoms with Crippen molar-refractivity contribution in [1.29, 1.82) is 0 Å². The molecule has 0 bridgehead atoms. The lowest BCUT2D eigenvalue weighted by atomic mass is 10.1. The SMILES string of the molecule is Cc1cccc(C(=O)N[C@H](Oc2ccc(/C=N\NC(=O)c3ccccc3)cc2)C(Cl)(Cl)Cl)c1. The Labute approximate surface area is 206 Å². The molecule has 0 saturated carbocycles. The van der Waals surface area contributed by atoms with Gasteiger partial charge in [0.15, 0.2) is 0 Å². The number of rotatable bonds is 7. The van der Waals surface area contributed by atoms with Crippen molar-refractivity contribution in [2.75, 3.05) is 0 Å². The Kier molecular flexibility index (Phi) is 8.33. The second kappa shape index (κ2) is 11.2. The van der Waals surface area contributed by atoms with Crippen molar-refractivity contribution in [3.63, 3.8) is 0 Å². The van der Waals surface area contributed by atoms with E-state index in [9.17, 15) is 9.59 Å².